The fraction of sp³-hybridized carbons (Fsp3) is 0.211. The molecule has 0 atom stereocenters. The van der Waals surface area contributed by atoms with Gasteiger partial charge in [0.25, 0.3) is 11.8 Å². The van der Waals surface area contributed by atoms with Gasteiger partial charge in [-0.25, -0.2) is 0 Å². The summed E-state index contributed by atoms with van der Waals surface area (Å²) in [5.41, 5.74) is 4.66. The van der Waals surface area contributed by atoms with Crippen LogP contribution in [0.15, 0.2) is 29.8 Å². The Balaban J connectivity index is 2.08. The highest BCUT2D eigenvalue weighted by atomic mass is 35.5. The van der Waals surface area contributed by atoms with Crippen molar-refractivity contribution in [3.63, 3.8) is 0 Å². The summed E-state index contributed by atoms with van der Waals surface area (Å²) in [6.07, 6.45) is 1.60. The third-order valence-corrected chi connectivity index (χ3v) is 5.27. The first-order chi connectivity index (χ1) is 12.2. The lowest BCUT2D eigenvalue weighted by molar-refractivity contribution is -0.128. The molecule has 0 aliphatic carbocycles. The highest BCUT2D eigenvalue weighted by Crippen LogP contribution is 2.26. The number of nitrogens with zero attached hydrogens (tertiary/aromatic N) is 2. The van der Waals surface area contributed by atoms with E-state index in [1.165, 1.54) is 11.9 Å². The van der Waals surface area contributed by atoms with Crippen molar-refractivity contribution in [3.8, 4) is 5.69 Å². The minimum Gasteiger partial charge on any atom is -0.318 e. The smallest absolute Gasteiger partial charge is 0.265 e. The molecule has 0 radical (unpaired) electrons. The zero-order chi connectivity index (χ0) is 19.2. The molecule has 1 aromatic heterocycles. The van der Waals surface area contributed by atoms with E-state index in [4.69, 9.17) is 23.8 Å². The predicted octanol–water partition coefficient (Wildman–Crippen LogP) is 3.31. The molecule has 7 heteroatoms. The van der Waals surface area contributed by atoms with Gasteiger partial charge in [-0.2, -0.15) is 0 Å². The fourth-order valence-electron chi connectivity index (χ4n) is 2.95. The van der Waals surface area contributed by atoms with Crippen molar-refractivity contribution < 1.29 is 9.59 Å². The topological polar surface area (TPSA) is 54.3 Å². The van der Waals surface area contributed by atoms with Gasteiger partial charge < -0.3 is 4.57 Å². The van der Waals surface area contributed by atoms with Crippen molar-refractivity contribution in [1.82, 2.24) is 14.8 Å². The minimum atomic E-state index is -0.485. The number of halogens is 1. The van der Waals surface area contributed by atoms with E-state index in [0.29, 0.717) is 5.02 Å². The molecular formula is C19H18ClN3O2S. The van der Waals surface area contributed by atoms with E-state index in [2.05, 4.69) is 5.32 Å². The van der Waals surface area contributed by atoms with Crippen LogP contribution < -0.4 is 5.32 Å². The van der Waals surface area contributed by atoms with Gasteiger partial charge in [0.15, 0.2) is 5.11 Å². The lowest BCUT2D eigenvalue weighted by Gasteiger charge is -2.25. The Morgan fingerprint density at radius 3 is 2.50 bits per heavy atom. The summed E-state index contributed by atoms with van der Waals surface area (Å²) >= 11 is 11.2. The number of carbonyl (C=O) groups excluding carboxylic acids is 2. The van der Waals surface area contributed by atoms with E-state index in [1.807, 2.05) is 49.6 Å². The summed E-state index contributed by atoms with van der Waals surface area (Å²) in [4.78, 5) is 25.8. The Bertz CT molecular complexity index is 991. The van der Waals surface area contributed by atoms with Crippen LogP contribution in [0.3, 0.4) is 0 Å². The number of likely N-dealkylation sites (N-methyl/N-ethyl adjacent to an activating group) is 1. The lowest BCUT2D eigenvalue weighted by atomic mass is 10.1. The number of hydrogen-bond donors (Lipinski definition) is 1. The van der Waals surface area contributed by atoms with Gasteiger partial charge in [-0.05, 0) is 68.4 Å². The van der Waals surface area contributed by atoms with E-state index in [-0.39, 0.29) is 10.7 Å². The monoisotopic (exact) mass is 387 g/mol. The van der Waals surface area contributed by atoms with Gasteiger partial charge in [0.2, 0.25) is 0 Å². The van der Waals surface area contributed by atoms with Gasteiger partial charge in [0, 0.05) is 29.1 Å². The van der Waals surface area contributed by atoms with Gasteiger partial charge in [-0.15, -0.1) is 0 Å². The zero-order valence-corrected chi connectivity index (χ0v) is 16.5. The average Bonchev–Trinajstić information content (AvgIpc) is 2.86. The molecule has 2 aromatic rings. The van der Waals surface area contributed by atoms with Gasteiger partial charge in [0.1, 0.15) is 5.57 Å². The van der Waals surface area contributed by atoms with Crippen LogP contribution >= 0.6 is 23.8 Å². The second kappa shape index (κ2) is 6.70. The molecular weight excluding hydrogens is 370 g/mol. The van der Waals surface area contributed by atoms with Crippen LogP contribution in [-0.4, -0.2) is 33.4 Å². The fourth-order valence-corrected chi connectivity index (χ4v) is 3.30. The van der Waals surface area contributed by atoms with Gasteiger partial charge in [0.05, 0.1) is 0 Å². The Labute approximate surface area is 162 Å². The highest BCUT2D eigenvalue weighted by Gasteiger charge is 2.31. The maximum Gasteiger partial charge on any atom is 0.265 e. The van der Waals surface area contributed by atoms with Gasteiger partial charge in [-0.1, -0.05) is 17.7 Å². The van der Waals surface area contributed by atoms with Crippen LogP contribution in [0.1, 0.15) is 22.5 Å². The molecule has 1 aromatic carbocycles. The zero-order valence-electron chi connectivity index (χ0n) is 14.9. The second-order valence-corrected chi connectivity index (χ2v) is 7.07. The molecule has 1 aliphatic heterocycles. The number of aryl methyl sites for hydroxylation is 2. The quantitative estimate of drug-likeness (QED) is 0.488. The van der Waals surface area contributed by atoms with E-state index in [1.54, 1.807) is 6.08 Å². The SMILES string of the molecule is Cc1ccc(-n2c(C)cc(C=C3C(=O)NC(=S)N(C)C3=O)c2C)cc1Cl. The number of nitrogens with one attached hydrogen (secondary N) is 1. The lowest BCUT2D eigenvalue weighted by Crippen LogP contribution is -2.52. The first-order valence-corrected chi connectivity index (χ1v) is 8.80. The Kier molecular flexibility index (Phi) is 4.73. The molecule has 3 rings (SSSR count). The summed E-state index contributed by atoms with van der Waals surface area (Å²) < 4.78 is 2.04. The van der Waals surface area contributed by atoms with Gasteiger partial charge >= 0.3 is 0 Å². The van der Waals surface area contributed by atoms with Crippen molar-refractivity contribution in [3.05, 3.63) is 57.4 Å². The van der Waals surface area contributed by atoms with E-state index in [9.17, 15) is 9.59 Å². The molecule has 1 saturated heterocycles. The normalized spacial score (nSPS) is 16.4. The molecule has 1 fully saturated rings. The molecule has 1 aliphatic rings. The summed E-state index contributed by atoms with van der Waals surface area (Å²) in [7, 11) is 1.54. The number of hydrogen-bond acceptors (Lipinski definition) is 3. The first-order valence-electron chi connectivity index (χ1n) is 8.01. The van der Waals surface area contributed by atoms with Crippen LogP contribution in [0.5, 0.6) is 0 Å². The average molecular weight is 388 g/mol. The highest BCUT2D eigenvalue weighted by molar-refractivity contribution is 7.80. The van der Waals surface area contributed by atoms with Crippen LogP contribution in [0, 0.1) is 20.8 Å². The maximum atomic E-state index is 12.4. The van der Waals surface area contributed by atoms with E-state index in [0.717, 1.165) is 28.2 Å². The molecule has 2 amide bonds. The molecule has 0 spiro atoms. The summed E-state index contributed by atoms with van der Waals surface area (Å²) in [6.45, 7) is 5.85. The molecule has 1 N–H and O–H groups in total. The maximum absolute atomic E-state index is 12.4. The summed E-state index contributed by atoms with van der Waals surface area (Å²) in [5.74, 6) is -0.900. The van der Waals surface area contributed by atoms with Crippen LogP contribution in [0.2, 0.25) is 5.02 Å². The van der Waals surface area contributed by atoms with Crippen molar-refractivity contribution in [1.29, 1.82) is 0 Å². The molecule has 5 nitrogen and oxygen atoms in total. The van der Waals surface area contributed by atoms with E-state index >= 15 is 0 Å². The number of benzene rings is 1. The third kappa shape index (κ3) is 3.06. The van der Waals surface area contributed by atoms with Crippen molar-refractivity contribution in [2.75, 3.05) is 7.05 Å². The van der Waals surface area contributed by atoms with Crippen molar-refractivity contribution in [2.45, 2.75) is 20.8 Å². The summed E-state index contributed by atoms with van der Waals surface area (Å²) in [5, 5.41) is 3.32. The third-order valence-electron chi connectivity index (χ3n) is 4.49. The molecule has 0 bridgehead atoms. The predicted molar refractivity (Wildman–Crippen MR) is 106 cm³/mol. The molecule has 134 valence electrons. The Hall–Kier alpha value is -2.44. The largest absolute Gasteiger partial charge is 0.318 e. The number of rotatable bonds is 2. The number of aromatic nitrogens is 1. The second-order valence-electron chi connectivity index (χ2n) is 6.28. The molecule has 26 heavy (non-hydrogen) atoms. The van der Waals surface area contributed by atoms with Crippen molar-refractivity contribution in [2.24, 2.45) is 0 Å². The van der Waals surface area contributed by atoms with E-state index < -0.39 is 11.8 Å². The van der Waals surface area contributed by atoms with Crippen LogP contribution in [0.4, 0.5) is 0 Å². The molecule has 0 unspecified atom stereocenters. The number of carbonyl (C=O) groups is 2. The molecule has 0 saturated carbocycles. The Morgan fingerprint density at radius 1 is 1.15 bits per heavy atom. The molecule has 2 heterocycles. The van der Waals surface area contributed by atoms with Crippen LogP contribution in [0.25, 0.3) is 11.8 Å². The number of amides is 2. The number of thiocarbonyl (C=S) groups is 1. The van der Waals surface area contributed by atoms with Crippen molar-refractivity contribution >= 4 is 46.8 Å². The Morgan fingerprint density at radius 2 is 1.85 bits per heavy atom. The van der Waals surface area contributed by atoms with Crippen LogP contribution in [-0.2, 0) is 9.59 Å². The minimum absolute atomic E-state index is 0.0586. The van der Waals surface area contributed by atoms with Gasteiger partial charge in [-0.3, -0.25) is 19.8 Å². The first kappa shape index (κ1) is 18.4. The summed E-state index contributed by atoms with van der Waals surface area (Å²) in [6, 6.07) is 7.79. The standard InChI is InChI=1S/C19H18ClN3O2S/c1-10-5-6-14(9-16(10)20)23-11(2)7-13(12(23)3)8-15-17(24)21-19(26)22(4)18(15)25/h5-9H,1-4H3,(H,21,24,26).